The third-order valence-electron chi connectivity index (χ3n) is 3.97. The van der Waals surface area contributed by atoms with E-state index in [1.807, 2.05) is 19.1 Å². The minimum atomic E-state index is -0.426. The first-order chi connectivity index (χ1) is 14.3. The summed E-state index contributed by atoms with van der Waals surface area (Å²) in [5.74, 6) is 0.943. The number of hydrazone groups is 1. The Bertz CT molecular complexity index is 946. The van der Waals surface area contributed by atoms with Crippen LogP contribution in [0.15, 0.2) is 46.0 Å². The Kier molecular flexibility index (Phi) is 8.67. The van der Waals surface area contributed by atoms with Gasteiger partial charge >= 0.3 is 0 Å². The first kappa shape index (κ1) is 23.2. The molecule has 2 aromatic carbocycles. The van der Waals surface area contributed by atoms with Crippen LogP contribution in [0.5, 0.6) is 17.2 Å². The Hall–Kier alpha value is -3.07. The maximum atomic E-state index is 12.3. The molecule has 9 heteroatoms. The van der Waals surface area contributed by atoms with Gasteiger partial charge in [0.1, 0.15) is 17.2 Å². The predicted octanol–water partition coefficient (Wildman–Crippen LogP) is 3.67. The number of methoxy groups -OCH3 is 2. The summed E-state index contributed by atoms with van der Waals surface area (Å²) in [5, 5.41) is 6.68. The molecular weight excluding hydrogens is 454 g/mol. The second kappa shape index (κ2) is 11.2. The van der Waals surface area contributed by atoms with Gasteiger partial charge in [-0.1, -0.05) is 15.9 Å². The van der Waals surface area contributed by atoms with Gasteiger partial charge in [-0.15, -0.1) is 0 Å². The molecule has 30 heavy (non-hydrogen) atoms. The topological polar surface area (TPSA) is 98.3 Å². The van der Waals surface area contributed by atoms with Crippen molar-refractivity contribution in [3.63, 3.8) is 0 Å². The summed E-state index contributed by atoms with van der Waals surface area (Å²) in [5.41, 5.74) is 4.30. The van der Waals surface area contributed by atoms with E-state index in [1.54, 1.807) is 31.2 Å². The van der Waals surface area contributed by atoms with Crippen LogP contribution in [-0.4, -0.2) is 38.4 Å². The molecule has 0 aliphatic carbocycles. The third kappa shape index (κ3) is 7.07. The Morgan fingerprint density at radius 2 is 1.77 bits per heavy atom. The molecule has 2 aromatic rings. The summed E-state index contributed by atoms with van der Waals surface area (Å²) >= 11 is 3.41. The molecule has 0 unspecified atom stereocenters. The second-order valence-corrected chi connectivity index (χ2v) is 7.23. The van der Waals surface area contributed by atoms with E-state index in [0.717, 1.165) is 10.0 Å². The van der Waals surface area contributed by atoms with Crippen molar-refractivity contribution in [3.05, 3.63) is 46.4 Å². The first-order valence-corrected chi connectivity index (χ1v) is 9.84. The van der Waals surface area contributed by atoms with Crippen molar-refractivity contribution in [1.29, 1.82) is 0 Å². The monoisotopic (exact) mass is 477 g/mol. The van der Waals surface area contributed by atoms with Crippen molar-refractivity contribution in [2.75, 3.05) is 26.1 Å². The Labute approximate surface area is 183 Å². The van der Waals surface area contributed by atoms with Crippen LogP contribution < -0.4 is 25.0 Å². The molecule has 0 saturated carbocycles. The lowest BCUT2D eigenvalue weighted by molar-refractivity contribution is -0.123. The largest absolute Gasteiger partial charge is 0.497 e. The SMILES string of the molecule is COc1ccc(OC)c(NC(=O)CC(C)=NNC(=O)COc2ccc(Br)c(C)c2)c1. The highest BCUT2D eigenvalue weighted by atomic mass is 79.9. The standard InChI is InChI=1S/C21H24BrN3O5/c1-13-9-16(5-7-17(13)22)30-12-21(27)25-24-14(2)10-20(26)23-18-11-15(28-3)6-8-19(18)29-4/h5-9,11H,10,12H2,1-4H3,(H,23,26)(H,25,27). The van der Waals surface area contributed by atoms with Gasteiger partial charge < -0.3 is 19.5 Å². The van der Waals surface area contributed by atoms with Crippen LogP contribution >= 0.6 is 15.9 Å². The number of nitrogens with zero attached hydrogens (tertiary/aromatic N) is 1. The molecule has 0 heterocycles. The van der Waals surface area contributed by atoms with Crippen molar-refractivity contribution < 1.29 is 23.8 Å². The van der Waals surface area contributed by atoms with E-state index in [-0.39, 0.29) is 18.9 Å². The Morgan fingerprint density at radius 3 is 2.43 bits per heavy atom. The number of benzene rings is 2. The average molecular weight is 478 g/mol. The molecule has 2 amide bonds. The molecule has 0 atom stereocenters. The van der Waals surface area contributed by atoms with Gasteiger partial charge in [0, 0.05) is 16.3 Å². The fourth-order valence-corrected chi connectivity index (χ4v) is 2.67. The maximum absolute atomic E-state index is 12.3. The van der Waals surface area contributed by atoms with E-state index >= 15 is 0 Å². The predicted molar refractivity (Wildman–Crippen MR) is 118 cm³/mol. The summed E-state index contributed by atoms with van der Waals surface area (Å²) in [4.78, 5) is 24.2. The Morgan fingerprint density at radius 1 is 1.03 bits per heavy atom. The summed E-state index contributed by atoms with van der Waals surface area (Å²) in [6.45, 7) is 3.38. The number of amides is 2. The normalized spacial score (nSPS) is 10.9. The maximum Gasteiger partial charge on any atom is 0.277 e. The quantitative estimate of drug-likeness (QED) is 0.424. The minimum absolute atomic E-state index is 0.00654. The lowest BCUT2D eigenvalue weighted by atomic mass is 10.2. The second-order valence-electron chi connectivity index (χ2n) is 6.37. The minimum Gasteiger partial charge on any atom is -0.497 e. The van der Waals surface area contributed by atoms with Crippen molar-refractivity contribution in [2.24, 2.45) is 5.10 Å². The summed E-state index contributed by atoms with van der Waals surface area (Å²) in [7, 11) is 3.05. The summed E-state index contributed by atoms with van der Waals surface area (Å²) < 4.78 is 16.8. The highest BCUT2D eigenvalue weighted by Gasteiger charge is 2.11. The first-order valence-electron chi connectivity index (χ1n) is 9.05. The van der Waals surface area contributed by atoms with E-state index in [4.69, 9.17) is 14.2 Å². The van der Waals surface area contributed by atoms with E-state index in [2.05, 4.69) is 31.8 Å². The van der Waals surface area contributed by atoms with Gasteiger partial charge in [-0.05, 0) is 49.7 Å². The molecule has 160 valence electrons. The fourth-order valence-electron chi connectivity index (χ4n) is 2.42. The van der Waals surface area contributed by atoms with Crippen molar-refractivity contribution in [2.45, 2.75) is 20.3 Å². The highest BCUT2D eigenvalue weighted by Crippen LogP contribution is 2.29. The molecule has 0 bridgehead atoms. The van der Waals surface area contributed by atoms with Crippen molar-refractivity contribution in [1.82, 2.24) is 5.43 Å². The van der Waals surface area contributed by atoms with Crippen LogP contribution in [0.25, 0.3) is 0 Å². The van der Waals surface area contributed by atoms with E-state index in [1.165, 1.54) is 14.2 Å². The van der Waals surface area contributed by atoms with Gasteiger partial charge in [0.05, 0.1) is 26.3 Å². The van der Waals surface area contributed by atoms with Crippen molar-refractivity contribution in [3.8, 4) is 17.2 Å². The summed E-state index contributed by atoms with van der Waals surface area (Å²) in [6, 6.07) is 10.5. The molecule has 2 N–H and O–H groups in total. The van der Waals surface area contributed by atoms with Crippen LogP contribution in [0.2, 0.25) is 0 Å². The zero-order valence-electron chi connectivity index (χ0n) is 17.2. The molecule has 0 radical (unpaired) electrons. The molecular formula is C21H24BrN3O5. The van der Waals surface area contributed by atoms with Crippen LogP contribution in [-0.2, 0) is 9.59 Å². The number of carbonyl (C=O) groups is 2. The van der Waals surface area contributed by atoms with Gasteiger partial charge in [0.15, 0.2) is 6.61 Å². The molecule has 0 spiro atoms. The number of anilines is 1. The van der Waals surface area contributed by atoms with Gasteiger partial charge in [-0.25, -0.2) is 5.43 Å². The fraction of sp³-hybridized carbons (Fsp3) is 0.286. The highest BCUT2D eigenvalue weighted by molar-refractivity contribution is 9.10. The van der Waals surface area contributed by atoms with Crippen molar-refractivity contribution >= 4 is 39.1 Å². The van der Waals surface area contributed by atoms with Gasteiger partial charge in [0.2, 0.25) is 5.91 Å². The number of hydrogen-bond acceptors (Lipinski definition) is 6. The number of halogens is 1. The summed E-state index contributed by atoms with van der Waals surface area (Å²) in [6.07, 6.45) is -0.00654. The molecule has 0 aliphatic rings. The molecule has 2 rings (SSSR count). The molecule has 0 aliphatic heterocycles. The van der Waals surface area contributed by atoms with E-state index in [9.17, 15) is 9.59 Å². The van der Waals surface area contributed by atoms with E-state index in [0.29, 0.717) is 28.6 Å². The lowest BCUT2D eigenvalue weighted by Crippen LogP contribution is -2.26. The lowest BCUT2D eigenvalue weighted by Gasteiger charge is -2.11. The molecule has 0 fully saturated rings. The van der Waals surface area contributed by atoms with Gasteiger partial charge in [-0.3, -0.25) is 9.59 Å². The number of aryl methyl sites for hydroxylation is 1. The molecule has 8 nitrogen and oxygen atoms in total. The number of rotatable bonds is 9. The van der Waals surface area contributed by atoms with Crippen LogP contribution in [0.1, 0.15) is 18.9 Å². The van der Waals surface area contributed by atoms with Crippen LogP contribution in [0.4, 0.5) is 5.69 Å². The number of nitrogens with one attached hydrogen (secondary N) is 2. The Balaban J connectivity index is 1.84. The third-order valence-corrected chi connectivity index (χ3v) is 4.86. The zero-order valence-corrected chi connectivity index (χ0v) is 18.8. The zero-order chi connectivity index (χ0) is 22.1. The van der Waals surface area contributed by atoms with Gasteiger partial charge in [0.25, 0.3) is 5.91 Å². The molecule has 0 saturated heterocycles. The number of carbonyl (C=O) groups excluding carboxylic acids is 2. The van der Waals surface area contributed by atoms with E-state index < -0.39 is 5.91 Å². The number of ether oxygens (including phenoxy) is 3. The van der Waals surface area contributed by atoms with Crippen LogP contribution in [0, 0.1) is 6.92 Å². The average Bonchev–Trinajstić information content (AvgIpc) is 2.72. The smallest absolute Gasteiger partial charge is 0.277 e. The van der Waals surface area contributed by atoms with Crippen LogP contribution in [0.3, 0.4) is 0 Å². The number of hydrogen-bond donors (Lipinski definition) is 2. The molecule has 0 aromatic heterocycles. The van der Waals surface area contributed by atoms with Gasteiger partial charge in [-0.2, -0.15) is 5.10 Å².